The van der Waals surface area contributed by atoms with Crippen LogP contribution in [-0.2, 0) is 16.0 Å². The summed E-state index contributed by atoms with van der Waals surface area (Å²) in [6.07, 6.45) is 2.19. The molecule has 6 nitrogen and oxygen atoms in total. The maximum atomic E-state index is 12.9. The Morgan fingerprint density at radius 3 is 2.40 bits per heavy atom. The highest BCUT2D eigenvalue weighted by Crippen LogP contribution is 2.30. The van der Waals surface area contributed by atoms with Crippen molar-refractivity contribution < 1.29 is 18.8 Å². The first-order valence-electron chi connectivity index (χ1n) is 9.38. The van der Waals surface area contributed by atoms with E-state index in [1.54, 1.807) is 24.3 Å². The van der Waals surface area contributed by atoms with Crippen molar-refractivity contribution in [2.45, 2.75) is 23.3 Å². The van der Waals surface area contributed by atoms with Crippen LogP contribution in [0.25, 0.3) is 6.08 Å². The summed E-state index contributed by atoms with van der Waals surface area (Å²) in [4.78, 5) is 39.5. The van der Waals surface area contributed by atoms with Crippen LogP contribution in [0.1, 0.15) is 18.2 Å². The third-order valence-corrected chi connectivity index (χ3v) is 5.48. The van der Waals surface area contributed by atoms with Gasteiger partial charge in [0.25, 0.3) is 11.8 Å². The standard InChI is InChI=1S/C23H18N2O4S/c1-2-15-8-10-16(11-9-15)25-22(27)19(21(26)24-23(25)28)14-17-12-13-20(29-17)30-18-6-4-3-5-7-18/h3-14H,2H2,1H3,(H,24,26,28). The van der Waals surface area contributed by atoms with Crippen LogP contribution in [0, 0.1) is 0 Å². The van der Waals surface area contributed by atoms with Crippen molar-refractivity contribution in [2.75, 3.05) is 4.90 Å². The molecule has 2 heterocycles. The van der Waals surface area contributed by atoms with Gasteiger partial charge >= 0.3 is 6.03 Å². The molecule has 1 N–H and O–H groups in total. The van der Waals surface area contributed by atoms with Crippen LogP contribution in [-0.4, -0.2) is 17.8 Å². The van der Waals surface area contributed by atoms with E-state index < -0.39 is 17.8 Å². The van der Waals surface area contributed by atoms with Crippen LogP contribution in [0.2, 0.25) is 0 Å². The third-order valence-electron chi connectivity index (χ3n) is 4.55. The van der Waals surface area contributed by atoms with Crippen LogP contribution in [0.5, 0.6) is 0 Å². The molecule has 4 amide bonds. The normalized spacial score (nSPS) is 15.6. The van der Waals surface area contributed by atoms with E-state index in [4.69, 9.17) is 4.42 Å². The molecule has 0 radical (unpaired) electrons. The molecule has 1 saturated heterocycles. The van der Waals surface area contributed by atoms with Crippen LogP contribution >= 0.6 is 11.8 Å². The number of carbonyl (C=O) groups excluding carboxylic acids is 3. The van der Waals surface area contributed by atoms with Gasteiger partial charge in [-0.15, -0.1) is 0 Å². The lowest BCUT2D eigenvalue weighted by atomic mass is 10.1. The molecule has 0 bridgehead atoms. The molecule has 1 aromatic heterocycles. The Kier molecular flexibility index (Phi) is 5.54. The Labute approximate surface area is 177 Å². The molecule has 0 saturated carbocycles. The first-order chi connectivity index (χ1) is 14.5. The molecule has 2 aromatic carbocycles. The summed E-state index contributed by atoms with van der Waals surface area (Å²) in [6.45, 7) is 2.01. The maximum absolute atomic E-state index is 12.9. The van der Waals surface area contributed by atoms with Gasteiger partial charge in [-0.3, -0.25) is 14.9 Å². The number of barbiturate groups is 1. The number of amides is 4. The minimum Gasteiger partial charge on any atom is -0.450 e. The number of furan rings is 1. The molecule has 7 heteroatoms. The monoisotopic (exact) mass is 418 g/mol. The Balaban J connectivity index is 1.59. The lowest BCUT2D eigenvalue weighted by Gasteiger charge is -2.26. The number of aryl methyl sites for hydroxylation is 1. The molecule has 0 atom stereocenters. The van der Waals surface area contributed by atoms with E-state index in [0.717, 1.165) is 21.8 Å². The highest BCUT2D eigenvalue weighted by atomic mass is 32.2. The van der Waals surface area contributed by atoms with Crippen LogP contribution < -0.4 is 10.2 Å². The van der Waals surface area contributed by atoms with Crippen molar-refractivity contribution in [3.63, 3.8) is 0 Å². The van der Waals surface area contributed by atoms with E-state index >= 15 is 0 Å². The Morgan fingerprint density at radius 1 is 0.967 bits per heavy atom. The molecule has 150 valence electrons. The zero-order valence-corrected chi connectivity index (χ0v) is 16.9. The van der Waals surface area contributed by atoms with Gasteiger partial charge in [0.15, 0.2) is 5.09 Å². The molecule has 30 heavy (non-hydrogen) atoms. The quantitative estimate of drug-likeness (QED) is 0.482. The molecule has 1 aliphatic heterocycles. The number of carbonyl (C=O) groups is 3. The fraction of sp³-hybridized carbons (Fsp3) is 0.0870. The summed E-state index contributed by atoms with van der Waals surface area (Å²) < 4.78 is 5.74. The van der Waals surface area contributed by atoms with Gasteiger partial charge < -0.3 is 4.42 Å². The van der Waals surface area contributed by atoms with Gasteiger partial charge in [-0.2, -0.15) is 0 Å². The summed E-state index contributed by atoms with van der Waals surface area (Å²) in [6, 6.07) is 19.4. The van der Waals surface area contributed by atoms with Crippen LogP contribution in [0.15, 0.2) is 86.7 Å². The molecular formula is C23H18N2O4S. The SMILES string of the molecule is CCc1ccc(N2C(=O)NC(=O)C(=Cc3ccc(Sc4ccccc4)o3)C2=O)cc1. The number of nitrogens with one attached hydrogen (secondary N) is 1. The zero-order valence-electron chi connectivity index (χ0n) is 16.1. The molecule has 0 spiro atoms. The lowest BCUT2D eigenvalue weighted by molar-refractivity contribution is -0.122. The second kappa shape index (κ2) is 8.42. The summed E-state index contributed by atoms with van der Waals surface area (Å²) >= 11 is 1.43. The number of urea groups is 1. The fourth-order valence-corrected chi connectivity index (χ4v) is 3.79. The predicted octanol–water partition coefficient (Wildman–Crippen LogP) is 4.66. The van der Waals surface area contributed by atoms with E-state index in [9.17, 15) is 14.4 Å². The lowest BCUT2D eigenvalue weighted by Crippen LogP contribution is -2.54. The van der Waals surface area contributed by atoms with Gasteiger partial charge in [0, 0.05) is 4.90 Å². The van der Waals surface area contributed by atoms with Gasteiger partial charge in [0.1, 0.15) is 11.3 Å². The summed E-state index contributed by atoms with van der Waals surface area (Å²) in [5.74, 6) is -1.09. The van der Waals surface area contributed by atoms with E-state index in [1.807, 2.05) is 49.4 Å². The Hall–Kier alpha value is -3.58. The average Bonchev–Trinajstić information content (AvgIpc) is 3.19. The van der Waals surface area contributed by atoms with Crippen molar-refractivity contribution in [1.29, 1.82) is 0 Å². The van der Waals surface area contributed by atoms with E-state index in [1.165, 1.54) is 17.8 Å². The van der Waals surface area contributed by atoms with E-state index in [0.29, 0.717) is 16.5 Å². The average molecular weight is 418 g/mol. The smallest absolute Gasteiger partial charge is 0.335 e. The number of hydrogen-bond acceptors (Lipinski definition) is 5. The largest absolute Gasteiger partial charge is 0.450 e. The molecule has 3 aromatic rings. The summed E-state index contributed by atoms with van der Waals surface area (Å²) in [5.41, 5.74) is 1.31. The van der Waals surface area contributed by atoms with Gasteiger partial charge in [0.2, 0.25) is 0 Å². The highest BCUT2D eigenvalue weighted by molar-refractivity contribution is 7.99. The van der Waals surface area contributed by atoms with Gasteiger partial charge in [-0.05, 0) is 54.5 Å². The summed E-state index contributed by atoms with van der Waals surface area (Å²) in [5, 5.41) is 2.84. The van der Waals surface area contributed by atoms with Crippen molar-refractivity contribution in [1.82, 2.24) is 5.32 Å². The van der Waals surface area contributed by atoms with E-state index in [2.05, 4.69) is 5.32 Å². The second-order valence-electron chi connectivity index (χ2n) is 6.55. The van der Waals surface area contributed by atoms with Crippen molar-refractivity contribution in [3.05, 3.63) is 83.6 Å². The number of anilines is 1. The number of rotatable bonds is 5. The van der Waals surface area contributed by atoms with Crippen LogP contribution in [0.4, 0.5) is 10.5 Å². The maximum Gasteiger partial charge on any atom is 0.335 e. The van der Waals surface area contributed by atoms with Gasteiger partial charge in [-0.1, -0.05) is 49.0 Å². The fourth-order valence-electron chi connectivity index (χ4n) is 2.99. The number of nitrogens with zero attached hydrogens (tertiary/aromatic N) is 1. The zero-order chi connectivity index (χ0) is 21.1. The molecule has 4 rings (SSSR count). The van der Waals surface area contributed by atoms with Crippen LogP contribution in [0.3, 0.4) is 0 Å². The third kappa shape index (κ3) is 4.06. The first kappa shape index (κ1) is 19.7. The topological polar surface area (TPSA) is 79.6 Å². The predicted molar refractivity (Wildman–Crippen MR) is 114 cm³/mol. The minimum atomic E-state index is -0.772. The van der Waals surface area contributed by atoms with E-state index in [-0.39, 0.29) is 5.57 Å². The van der Waals surface area contributed by atoms with Gasteiger partial charge in [-0.25, -0.2) is 9.69 Å². The Bertz CT molecular complexity index is 1130. The minimum absolute atomic E-state index is 0.167. The Morgan fingerprint density at radius 2 is 1.70 bits per heavy atom. The molecule has 1 fully saturated rings. The van der Waals surface area contributed by atoms with Crippen molar-refractivity contribution in [2.24, 2.45) is 0 Å². The van der Waals surface area contributed by atoms with Gasteiger partial charge in [0.05, 0.1) is 5.69 Å². The number of benzene rings is 2. The van der Waals surface area contributed by atoms with Crippen molar-refractivity contribution >= 4 is 41.4 Å². The van der Waals surface area contributed by atoms with Crippen molar-refractivity contribution in [3.8, 4) is 0 Å². The number of hydrogen-bond donors (Lipinski definition) is 1. The first-order valence-corrected chi connectivity index (χ1v) is 10.2. The molecular weight excluding hydrogens is 400 g/mol. The molecule has 0 aliphatic carbocycles. The number of imide groups is 2. The summed E-state index contributed by atoms with van der Waals surface area (Å²) in [7, 11) is 0. The molecule has 1 aliphatic rings. The highest BCUT2D eigenvalue weighted by Gasteiger charge is 2.37. The second-order valence-corrected chi connectivity index (χ2v) is 7.63. The molecule has 0 unspecified atom stereocenters.